The van der Waals surface area contributed by atoms with E-state index in [4.69, 9.17) is 28.3 Å². The number of carbonyl (C=O) groups excluding carboxylic acids is 1. The van der Waals surface area contributed by atoms with Gasteiger partial charge in [-0.2, -0.15) is 0 Å². The lowest BCUT2D eigenvalue weighted by atomic mass is 9.96. The van der Waals surface area contributed by atoms with Crippen LogP contribution >= 0.6 is 23.2 Å². The van der Waals surface area contributed by atoms with E-state index in [9.17, 15) is 14.0 Å². The van der Waals surface area contributed by atoms with E-state index in [-0.39, 0.29) is 28.2 Å². The van der Waals surface area contributed by atoms with Crippen LogP contribution in [-0.2, 0) is 4.79 Å². The summed E-state index contributed by atoms with van der Waals surface area (Å²) in [4.78, 5) is 22.7. The summed E-state index contributed by atoms with van der Waals surface area (Å²) in [6, 6.07) is 1.79. The maximum atomic E-state index is 13.2. The minimum atomic E-state index is -0.988. The van der Waals surface area contributed by atoms with Crippen molar-refractivity contribution in [3.63, 3.8) is 0 Å². The predicted octanol–water partition coefficient (Wildman–Crippen LogP) is 3.61. The second-order valence-corrected chi connectivity index (χ2v) is 5.59. The van der Waals surface area contributed by atoms with Crippen molar-refractivity contribution in [2.45, 2.75) is 13.8 Å². The van der Waals surface area contributed by atoms with Crippen molar-refractivity contribution in [2.75, 3.05) is 11.9 Å². The monoisotopic (exact) mass is 336 g/mol. The first-order valence-corrected chi connectivity index (χ1v) is 6.90. The summed E-state index contributed by atoms with van der Waals surface area (Å²) in [5, 5.41) is 13.4. The van der Waals surface area contributed by atoms with Crippen LogP contribution in [-0.4, -0.2) is 23.7 Å². The molecule has 1 rings (SSSR count). The molecule has 2 amide bonds. The molecule has 0 fully saturated rings. The van der Waals surface area contributed by atoms with Crippen LogP contribution in [0.4, 0.5) is 14.9 Å². The Balaban J connectivity index is 2.64. The number of hydrogen-bond donors (Lipinski definition) is 3. The molecule has 1 atom stereocenters. The summed E-state index contributed by atoms with van der Waals surface area (Å²) >= 11 is 11.2. The number of carbonyl (C=O) groups is 2. The smallest absolute Gasteiger partial charge is 0.319 e. The van der Waals surface area contributed by atoms with Crippen molar-refractivity contribution in [1.29, 1.82) is 0 Å². The molecule has 0 spiro atoms. The lowest BCUT2D eigenvalue weighted by Crippen LogP contribution is -2.37. The Kier molecular flexibility index (Phi) is 6.23. The molecule has 0 saturated heterocycles. The third kappa shape index (κ3) is 5.06. The maximum absolute atomic E-state index is 13.2. The lowest BCUT2D eigenvalue weighted by molar-refractivity contribution is -0.142. The quantitative estimate of drug-likeness (QED) is 0.718. The number of urea groups is 1. The largest absolute Gasteiger partial charge is 0.481 e. The molecule has 8 heteroatoms. The van der Waals surface area contributed by atoms with E-state index in [1.165, 1.54) is 12.1 Å². The number of rotatable bonds is 5. The van der Waals surface area contributed by atoms with Gasteiger partial charge >= 0.3 is 12.0 Å². The molecular formula is C13H15Cl2FN2O3. The Morgan fingerprint density at radius 3 is 2.24 bits per heavy atom. The zero-order valence-corrected chi connectivity index (χ0v) is 12.9. The number of anilines is 1. The molecule has 0 aromatic heterocycles. The summed E-state index contributed by atoms with van der Waals surface area (Å²) in [6.45, 7) is 3.47. The molecule has 0 radical (unpaired) electrons. The van der Waals surface area contributed by atoms with Crippen LogP contribution in [0.5, 0.6) is 0 Å². The van der Waals surface area contributed by atoms with Gasteiger partial charge in [-0.25, -0.2) is 9.18 Å². The van der Waals surface area contributed by atoms with Crippen molar-refractivity contribution in [3.8, 4) is 0 Å². The molecule has 1 aromatic carbocycles. The number of halogens is 3. The molecule has 0 aliphatic rings. The first-order chi connectivity index (χ1) is 9.72. The maximum Gasteiger partial charge on any atom is 0.319 e. The van der Waals surface area contributed by atoms with Gasteiger partial charge in [0.2, 0.25) is 0 Å². The predicted molar refractivity (Wildman–Crippen MR) is 79.4 cm³/mol. The molecule has 0 heterocycles. The lowest BCUT2D eigenvalue weighted by Gasteiger charge is -2.17. The molecule has 0 aliphatic carbocycles. The molecule has 1 aromatic rings. The van der Waals surface area contributed by atoms with Gasteiger partial charge in [0.05, 0.1) is 16.0 Å². The average Bonchev–Trinajstić information content (AvgIpc) is 2.35. The Morgan fingerprint density at radius 2 is 1.81 bits per heavy atom. The van der Waals surface area contributed by atoms with E-state index < -0.39 is 23.7 Å². The van der Waals surface area contributed by atoms with Crippen LogP contribution < -0.4 is 10.6 Å². The van der Waals surface area contributed by atoms with Crippen LogP contribution in [0.2, 0.25) is 10.0 Å². The number of aliphatic carboxylic acids is 1. The number of benzene rings is 1. The second kappa shape index (κ2) is 7.47. The van der Waals surface area contributed by atoms with Gasteiger partial charge in [-0.05, 0) is 18.1 Å². The van der Waals surface area contributed by atoms with E-state index in [2.05, 4.69) is 10.6 Å². The van der Waals surface area contributed by atoms with E-state index in [1.54, 1.807) is 13.8 Å². The van der Waals surface area contributed by atoms with Crippen molar-refractivity contribution in [3.05, 3.63) is 28.0 Å². The van der Waals surface area contributed by atoms with Gasteiger partial charge in [0, 0.05) is 12.2 Å². The van der Waals surface area contributed by atoms with Gasteiger partial charge < -0.3 is 15.7 Å². The topological polar surface area (TPSA) is 78.4 Å². The van der Waals surface area contributed by atoms with Crippen molar-refractivity contribution in [1.82, 2.24) is 5.32 Å². The fraction of sp³-hybridized carbons (Fsp3) is 0.385. The normalized spacial score (nSPS) is 12.1. The highest BCUT2D eigenvalue weighted by Gasteiger charge is 2.22. The van der Waals surface area contributed by atoms with Gasteiger partial charge in [0.1, 0.15) is 0 Å². The van der Waals surface area contributed by atoms with Crippen molar-refractivity contribution >= 4 is 40.9 Å². The van der Waals surface area contributed by atoms with Crippen LogP contribution in [0, 0.1) is 17.7 Å². The number of amides is 2. The summed E-state index contributed by atoms with van der Waals surface area (Å²) < 4.78 is 13.2. The fourth-order valence-corrected chi connectivity index (χ4v) is 2.10. The third-order valence-electron chi connectivity index (χ3n) is 2.85. The highest BCUT2D eigenvalue weighted by atomic mass is 35.5. The zero-order valence-electron chi connectivity index (χ0n) is 11.4. The molecule has 5 nitrogen and oxygen atoms in total. The van der Waals surface area contributed by atoms with E-state index >= 15 is 0 Å². The minimum absolute atomic E-state index is 0.0263. The summed E-state index contributed by atoms with van der Waals surface area (Å²) in [7, 11) is 0. The SMILES string of the molecule is CC(C)C(CNC(=O)Nc1cc(Cl)c(F)c(Cl)c1)C(=O)O. The molecule has 0 saturated carbocycles. The standard InChI is InChI=1S/C13H15Cl2FN2O3/c1-6(2)8(12(19)20)5-17-13(21)18-7-3-9(14)11(16)10(15)4-7/h3-4,6,8H,5H2,1-2H3,(H,19,20)(H2,17,18,21). The summed E-state index contributed by atoms with van der Waals surface area (Å²) in [5.41, 5.74) is 0.209. The van der Waals surface area contributed by atoms with Gasteiger partial charge in [-0.3, -0.25) is 4.79 Å². The number of carboxylic acid groups (broad SMARTS) is 1. The number of nitrogens with one attached hydrogen (secondary N) is 2. The first kappa shape index (κ1) is 17.5. The Hall–Kier alpha value is -1.53. The minimum Gasteiger partial charge on any atom is -0.481 e. The first-order valence-electron chi connectivity index (χ1n) is 6.14. The highest BCUT2D eigenvalue weighted by molar-refractivity contribution is 6.35. The van der Waals surface area contributed by atoms with E-state index in [0.29, 0.717) is 0 Å². The summed E-state index contributed by atoms with van der Waals surface area (Å²) in [5.74, 6) is -2.58. The Morgan fingerprint density at radius 1 is 1.29 bits per heavy atom. The third-order valence-corrected chi connectivity index (χ3v) is 3.40. The van der Waals surface area contributed by atoms with Gasteiger partial charge in [0.15, 0.2) is 5.82 Å². The number of carboxylic acids is 1. The van der Waals surface area contributed by atoms with Crippen LogP contribution in [0.25, 0.3) is 0 Å². The Bertz CT molecular complexity index is 529. The van der Waals surface area contributed by atoms with Gasteiger partial charge in [-0.15, -0.1) is 0 Å². The zero-order chi connectivity index (χ0) is 16.2. The molecular weight excluding hydrogens is 322 g/mol. The highest BCUT2D eigenvalue weighted by Crippen LogP contribution is 2.27. The van der Waals surface area contributed by atoms with Crippen molar-refractivity contribution in [2.24, 2.45) is 11.8 Å². The Labute approximate surface area is 131 Å². The number of hydrogen-bond acceptors (Lipinski definition) is 2. The van der Waals surface area contributed by atoms with E-state index in [1.807, 2.05) is 0 Å². The average molecular weight is 337 g/mol. The molecule has 3 N–H and O–H groups in total. The molecule has 0 bridgehead atoms. The van der Waals surface area contributed by atoms with Crippen molar-refractivity contribution < 1.29 is 19.1 Å². The van der Waals surface area contributed by atoms with Gasteiger partial charge in [-0.1, -0.05) is 37.0 Å². The van der Waals surface area contributed by atoms with Crippen LogP contribution in [0.15, 0.2) is 12.1 Å². The molecule has 0 aliphatic heterocycles. The fourth-order valence-electron chi connectivity index (χ4n) is 1.61. The van der Waals surface area contributed by atoms with E-state index in [0.717, 1.165) is 0 Å². The second-order valence-electron chi connectivity index (χ2n) is 4.78. The summed E-state index contributed by atoms with van der Waals surface area (Å²) in [6.07, 6.45) is 0. The molecule has 21 heavy (non-hydrogen) atoms. The van der Waals surface area contributed by atoms with Crippen LogP contribution in [0.3, 0.4) is 0 Å². The van der Waals surface area contributed by atoms with Crippen LogP contribution in [0.1, 0.15) is 13.8 Å². The van der Waals surface area contributed by atoms with Gasteiger partial charge in [0.25, 0.3) is 0 Å². The molecule has 1 unspecified atom stereocenters. The molecule has 116 valence electrons.